The van der Waals surface area contributed by atoms with Gasteiger partial charge in [0.05, 0.1) is 17.3 Å². The van der Waals surface area contributed by atoms with Crippen molar-refractivity contribution in [1.29, 1.82) is 0 Å². The van der Waals surface area contributed by atoms with E-state index in [-0.39, 0.29) is 12.0 Å². The van der Waals surface area contributed by atoms with Crippen molar-refractivity contribution >= 4 is 39.3 Å². The van der Waals surface area contributed by atoms with E-state index < -0.39 is 0 Å². The van der Waals surface area contributed by atoms with Crippen LogP contribution in [0.25, 0.3) is 33.1 Å². The standard InChI is InChI=1S/C23H20ClN3O2/c24-15-6-3-5-14(11-15)21-22-18(17-8-1-2-9-19(17)26-22)12-20(27-21)23(28)25-13-16-7-4-10-29-16/h1-3,5-6,8-9,11-12,16,26H,4,7,10,13H2,(H,25,28)/t16-/m1/s1. The van der Waals surface area contributed by atoms with Gasteiger partial charge in [0.1, 0.15) is 5.69 Å². The lowest BCUT2D eigenvalue weighted by Crippen LogP contribution is -2.32. The summed E-state index contributed by atoms with van der Waals surface area (Å²) in [7, 11) is 0. The van der Waals surface area contributed by atoms with E-state index in [0.29, 0.717) is 23.0 Å². The molecule has 4 aromatic rings. The number of amides is 1. The number of fused-ring (bicyclic) bond motifs is 3. The van der Waals surface area contributed by atoms with Crippen LogP contribution in [-0.4, -0.2) is 35.1 Å². The zero-order valence-corrected chi connectivity index (χ0v) is 16.5. The number of H-pyrrole nitrogens is 1. The minimum absolute atomic E-state index is 0.0863. The molecule has 0 saturated carbocycles. The first-order valence-electron chi connectivity index (χ1n) is 9.76. The summed E-state index contributed by atoms with van der Waals surface area (Å²) in [6, 6.07) is 17.4. The number of carbonyl (C=O) groups excluding carboxylic acids is 1. The number of rotatable bonds is 4. The zero-order chi connectivity index (χ0) is 19.8. The molecule has 6 heteroatoms. The molecule has 5 rings (SSSR count). The highest BCUT2D eigenvalue weighted by molar-refractivity contribution is 6.31. The van der Waals surface area contributed by atoms with E-state index >= 15 is 0 Å². The number of halogens is 1. The smallest absolute Gasteiger partial charge is 0.270 e. The molecule has 1 aliphatic heterocycles. The van der Waals surface area contributed by atoms with Gasteiger partial charge in [-0.15, -0.1) is 0 Å². The van der Waals surface area contributed by atoms with Crippen molar-refractivity contribution in [3.8, 4) is 11.3 Å². The Balaban J connectivity index is 1.62. The van der Waals surface area contributed by atoms with Gasteiger partial charge in [-0.05, 0) is 37.1 Å². The summed E-state index contributed by atoms with van der Waals surface area (Å²) < 4.78 is 5.61. The first kappa shape index (κ1) is 18.2. The molecule has 2 N–H and O–H groups in total. The second kappa shape index (κ2) is 7.50. The average Bonchev–Trinajstić information content (AvgIpc) is 3.39. The Bertz CT molecular complexity index is 1210. The number of para-hydroxylation sites is 1. The van der Waals surface area contributed by atoms with Crippen molar-refractivity contribution in [2.75, 3.05) is 13.2 Å². The van der Waals surface area contributed by atoms with Gasteiger partial charge in [-0.2, -0.15) is 0 Å². The summed E-state index contributed by atoms with van der Waals surface area (Å²) in [6.45, 7) is 1.26. The van der Waals surface area contributed by atoms with E-state index in [2.05, 4.69) is 10.3 Å². The Morgan fingerprint density at radius 1 is 1.17 bits per heavy atom. The lowest BCUT2D eigenvalue weighted by molar-refractivity contribution is 0.0854. The first-order valence-corrected chi connectivity index (χ1v) is 10.1. The highest BCUT2D eigenvalue weighted by Gasteiger charge is 2.20. The van der Waals surface area contributed by atoms with Crippen LogP contribution in [0.1, 0.15) is 23.3 Å². The molecule has 0 radical (unpaired) electrons. The number of ether oxygens (including phenoxy) is 1. The molecule has 2 aromatic carbocycles. The van der Waals surface area contributed by atoms with Gasteiger partial charge in [-0.3, -0.25) is 4.79 Å². The normalized spacial score (nSPS) is 16.5. The van der Waals surface area contributed by atoms with E-state index in [4.69, 9.17) is 21.3 Å². The van der Waals surface area contributed by atoms with Crippen molar-refractivity contribution in [3.05, 3.63) is 65.3 Å². The second-order valence-corrected chi connectivity index (χ2v) is 7.74. The number of aromatic nitrogens is 2. The summed E-state index contributed by atoms with van der Waals surface area (Å²) >= 11 is 6.22. The molecular formula is C23H20ClN3O2. The number of benzene rings is 2. The number of hydrogen-bond donors (Lipinski definition) is 2. The highest BCUT2D eigenvalue weighted by Crippen LogP contribution is 2.33. The SMILES string of the molecule is O=C(NC[C@H]1CCCO1)c1cc2c([nH]c3ccccc32)c(-c2cccc(Cl)c2)n1. The molecule has 0 spiro atoms. The Labute approximate surface area is 173 Å². The zero-order valence-electron chi connectivity index (χ0n) is 15.7. The maximum Gasteiger partial charge on any atom is 0.270 e. The molecule has 1 atom stereocenters. The Hall–Kier alpha value is -2.89. The largest absolute Gasteiger partial charge is 0.376 e. The molecule has 2 aromatic heterocycles. The molecule has 0 aliphatic carbocycles. The maximum absolute atomic E-state index is 12.9. The highest BCUT2D eigenvalue weighted by atomic mass is 35.5. The average molecular weight is 406 g/mol. The number of nitrogens with zero attached hydrogens (tertiary/aromatic N) is 1. The van der Waals surface area contributed by atoms with Crippen molar-refractivity contribution in [3.63, 3.8) is 0 Å². The minimum atomic E-state index is -0.198. The Kier molecular flexibility index (Phi) is 4.70. The quantitative estimate of drug-likeness (QED) is 0.505. The van der Waals surface area contributed by atoms with Crippen LogP contribution in [-0.2, 0) is 4.74 Å². The van der Waals surface area contributed by atoms with Crippen LogP contribution < -0.4 is 5.32 Å². The monoisotopic (exact) mass is 405 g/mol. The molecule has 1 fully saturated rings. The minimum Gasteiger partial charge on any atom is -0.376 e. The first-order chi connectivity index (χ1) is 14.2. The van der Waals surface area contributed by atoms with Gasteiger partial charge in [0.2, 0.25) is 0 Å². The van der Waals surface area contributed by atoms with Crippen LogP contribution in [0.3, 0.4) is 0 Å². The molecule has 5 nitrogen and oxygen atoms in total. The van der Waals surface area contributed by atoms with Crippen molar-refractivity contribution in [2.45, 2.75) is 18.9 Å². The Morgan fingerprint density at radius 3 is 2.90 bits per heavy atom. The third-order valence-corrected chi connectivity index (χ3v) is 5.58. The van der Waals surface area contributed by atoms with Gasteiger partial charge in [0.15, 0.2) is 0 Å². The number of carbonyl (C=O) groups is 1. The summed E-state index contributed by atoms with van der Waals surface area (Å²) in [4.78, 5) is 21.0. The van der Waals surface area contributed by atoms with Gasteiger partial charge in [0.25, 0.3) is 5.91 Å². The van der Waals surface area contributed by atoms with Gasteiger partial charge in [-0.25, -0.2) is 4.98 Å². The van der Waals surface area contributed by atoms with E-state index in [1.807, 2.05) is 54.6 Å². The number of aromatic amines is 1. The fourth-order valence-electron chi connectivity index (χ4n) is 3.91. The van der Waals surface area contributed by atoms with Crippen molar-refractivity contribution in [2.24, 2.45) is 0 Å². The van der Waals surface area contributed by atoms with E-state index in [1.54, 1.807) is 0 Å². The number of pyridine rings is 1. The van der Waals surface area contributed by atoms with Crippen LogP contribution in [0.2, 0.25) is 5.02 Å². The third-order valence-electron chi connectivity index (χ3n) is 5.34. The van der Waals surface area contributed by atoms with Gasteiger partial charge in [-0.1, -0.05) is 41.9 Å². The molecule has 1 amide bonds. The van der Waals surface area contributed by atoms with E-state index in [9.17, 15) is 4.79 Å². The number of nitrogens with one attached hydrogen (secondary N) is 2. The van der Waals surface area contributed by atoms with Crippen LogP contribution in [0.4, 0.5) is 0 Å². The molecular weight excluding hydrogens is 386 g/mol. The molecule has 29 heavy (non-hydrogen) atoms. The molecule has 0 unspecified atom stereocenters. The molecule has 0 bridgehead atoms. The van der Waals surface area contributed by atoms with Crippen LogP contribution in [0, 0.1) is 0 Å². The fraction of sp³-hybridized carbons (Fsp3) is 0.217. The van der Waals surface area contributed by atoms with Crippen LogP contribution in [0.15, 0.2) is 54.6 Å². The van der Waals surface area contributed by atoms with Gasteiger partial charge in [0, 0.05) is 40.0 Å². The summed E-state index contributed by atoms with van der Waals surface area (Å²) in [5, 5.41) is 5.62. The van der Waals surface area contributed by atoms with E-state index in [1.165, 1.54) is 0 Å². The summed E-state index contributed by atoms with van der Waals surface area (Å²) in [5.74, 6) is -0.198. The lowest BCUT2D eigenvalue weighted by Gasteiger charge is -2.12. The predicted octanol–water partition coefficient (Wildman–Crippen LogP) is 4.95. The van der Waals surface area contributed by atoms with Gasteiger partial charge >= 0.3 is 0 Å². The molecule has 1 saturated heterocycles. The van der Waals surface area contributed by atoms with Crippen molar-refractivity contribution < 1.29 is 9.53 Å². The molecule has 1 aliphatic rings. The number of hydrogen-bond acceptors (Lipinski definition) is 3. The molecule has 146 valence electrons. The third kappa shape index (κ3) is 3.48. The van der Waals surface area contributed by atoms with Crippen LogP contribution in [0.5, 0.6) is 0 Å². The summed E-state index contributed by atoms with van der Waals surface area (Å²) in [6.07, 6.45) is 2.10. The Morgan fingerprint density at radius 2 is 2.07 bits per heavy atom. The van der Waals surface area contributed by atoms with Crippen LogP contribution >= 0.6 is 11.6 Å². The second-order valence-electron chi connectivity index (χ2n) is 7.30. The molecule has 3 heterocycles. The van der Waals surface area contributed by atoms with Gasteiger partial charge < -0.3 is 15.0 Å². The lowest BCUT2D eigenvalue weighted by atomic mass is 10.1. The predicted molar refractivity (Wildman–Crippen MR) is 115 cm³/mol. The summed E-state index contributed by atoms with van der Waals surface area (Å²) in [5.41, 5.74) is 3.86. The fourth-order valence-corrected chi connectivity index (χ4v) is 4.10. The topological polar surface area (TPSA) is 67.0 Å². The van der Waals surface area contributed by atoms with E-state index in [0.717, 1.165) is 46.8 Å². The maximum atomic E-state index is 12.9. The van der Waals surface area contributed by atoms with Crippen molar-refractivity contribution in [1.82, 2.24) is 15.3 Å².